The van der Waals surface area contributed by atoms with Crippen molar-refractivity contribution in [2.24, 2.45) is 11.7 Å². The third-order valence-corrected chi connectivity index (χ3v) is 1.43. The number of amides is 1. The lowest BCUT2D eigenvalue weighted by Gasteiger charge is -2.09. The third kappa shape index (κ3) is 5.94. The van der Waals surface area contributed by atoms with Gasteiger partial charge in [-0.3, -0.25) is 0 Å². The molecule has 5 nitrogen and oxygen atoms in total. The Morgan fingerprint density at radius 3 is 2.50 bits per heavy atom. The van der Waals surface area contributed by atoms with Gasteiger partial charge in [0.2, 0.25) is 0 Å². The van der Waals surface area contributed by atoms with Gasteiger partial charge in [-0.05, 0) is 6.42 Å². The van der Waals surface area contributed by atoms with Crippen LogP contribution in [0.1, 0.15) is 32.6 Å². The molecule has 4 N–H and O–H groups in total. The molecule has 0 spiro atoms. The molecular weight excluding hydrogens is 158 g/mol. The van der Waals surface area contributed by atoms with Gasteiger partial charge in [0.05, 0.1) is 6.61 Å². The molecule has 0 saturated heterocycles. The Balaban J connectivity index is 3.14. The van der Waals surface area contributed by atoms with E-state index in [9.17, 15) is 4.79 Å². The smallest absolute Gasteiger partial charge is 0.439 e. The first-order valence-electron chi connectivity index (χ1n) is 4.14. The van der Waals surface area contributed by atoms with Crippen LogP contribution in [0.15, 0.2) is 0 Å². The molecule has 72 valence electrons. The Morgan fingerprint density at radius 1 is 1.33 bits per heavy atom. The van der Waals surface area contributed by atoms with Crippen molar-refractivity contribution in [3.8, 4) is 0 Å². The van der Waals surface area contributed by atoms with E-state index >= 15 is 0 Å². The van der Waals surface area contributed by atoms with Crippen LogP contribution in [0.25, 0.3) is 0 Å². The molecule has 0 radical (unpaired) electrons. The summed E-state index contributed by atoms with van der Waals surface area (Å²) >= 11 is 0. The van der Waals surface area contributed by atoms with E-state index in [0.717, 1.165) is 25.7 Å². The van der Waals surface area contributed by atoms with Crippen LogP contribution in [0.4, 0.5) is 4.79 Å². The highest BCUT2D eigenvalue weighted by atomic mass is 16.6. The van der Waals surface area contributed by atoms with E-state index in [1.165, 1.54) is 0 Å². The van der Waals surface area contributed by atoms with Gasteiger partial charge in [0.1, 0.15) is 0 Å². The van der Waals surface area contributed by atoms with Crippen LogP contribution in [0.5, 0.6) is 0 Å². The van der Waals surface area contributed by atoms with Gasteiger partial charge in [0, 0.05) is 0 Å². The zero-order valence-electron chi connectivity index (χ0n) is 7.45. The van der Waals surface area contributed by atoms with Crippen LogP contribution in [-0.4, -0.2) is 17.8 Å². The van der Waals surface area contributed by atoms with Crippen LogP contribution in [0.3, 0.4) is 0 Å². The van der Waals surface area contributed by atoms with Crippen LogP contribution in [0.2, 0.25) is 0 Å². The molecule has 0 aliphatic heterocycles. The summed E-state index contributed by atoms with van der Waals surface area (Å²) in [6.45, 7) is 2.51. The lowest BCUT2D eigenvalue weighted by molar-refractivity contribution is 0.101. The average molecular weight is 175 g/mol. The fourth-order valence-corrected chi connectivity index (χ4v) is 0.763. The molecule has 0 aliphatic carbocycles. The first kappa shape index (κ1) is 11.2. The summed E-state index contributed by atoms with van der Waals surface area (Å²) in [6.07, 6.45) is 3.57. The van der Waals surface area contributed by atoms with Crippen LogP contribution < -0.4 is 11.7 Å². The molecule has 0 aromatic rings. The summed E-state index contributed by atoms with van der Waals surface area (Å²) in [6, 6.07) is 0. The van der Waals surface area contributed by atoms with Gasteiger partial charge in [-0.25, -0.2) is 16.5 Å². The predicted molar refractivity (Wildman–Crippen MR) is 45.7 cm³/mol. The maximum Gasteiger partial charge on any atom is 0.439 e. The quantitative estimate of drug-likeness (QED) is 0.279. The number of nitrogens with zero attached hydrogens (tertiary/aromatic N) is 1. The molecule has 5 heteroatoms. The number of hydrogen-bond donors (Lipinski definition) is 2. The SMILES string of the molecule is CCCCCCOC(=O)N(N)N. The van der Waals surface area contributed by atoms with Crippen molar-refractivity contribution < 1.29 is 9.53 Å². The summed E-state index contributed by atoms with van der Waals surface area (Å²) in [5.41, 5.74) is 0. The van der Waals surface area contributed by atoms with E-state index in [2.05, 4.69) is 11.7 Å². The fourth-order valence-electron chi connectivity index (χ4n) is 0.763. The monoisotopic (exact) mass is 175 g/mol. The van der Waals surface area contributed by atoms with Crippen molar-refractivity contribution in [2.75, 3.05) is 6.61 Å². The van der Waals surface area contributed by atoms with E-state index < -0.39 is 6.09 Å². The predicted octanol–water partition coefficient (Wildman–Crippen LogP) is 0.753. The average Bonchev–Trinajstić information content (AvgIpc) is 2.03. The first-order valence-corrected chi connectivity index (χ1v) is 4.14. The van der Waals surface area contributed by atoms with E-state index in [0.29, 0.717) is 11.7 Å². The Bertz CT molecular complexity index is 128. The van der Waals surface area contributed by atoms with Crippen LogP contribution in [-0.2, 0) is 4.74 Å². The molecular formula is C7H17N3O2. The number of carbonyl (C=O) groups is 1. The number of rotatable bonds is 5. The molecule has 0 saturated carbocycles. The van der Waals surface area contributed by atoms with Gasteiger partial charge >= 0.3 is 6.09 Å². The lowest BCUT2D eigenvalue weighted by atomic mass is 10.2. The summed E-state index contributed by atoms with van der Waals surface area (Å²) in [4.78, 5) is 10.6. The molecule has 0 atom stereocenters. The summed E-state index contributed by atoms with van der Waals surface area (Å²) in [5, 5.41) is 0.444. The second-order valence-electron chi connectivity index (χ2n) is 2.58. The van der Waals surface area contributed by atoms with Gasteiger partial charge in [0.15, 0.2) is 0 Å². The highest BCUT2D eigenvalue weighted by Gasteiger charge is 2.04. The number of nitrogens with two attached hydrogens (primary N) is 2. The normalized spacial score (nSPS) is 9.58. The molecule has 12 heavy (non-hydrogen) atoms. The zero-order chi connectivity index (χ0) is 9.40. The van der Waals surface area contributed by atoms with Crippen molar-refractivity contribution in [3.05, 3.63) is 0 Å². The molecule has 0 heterocycles. The minimum Gasteiger partial charge on any atom is -0.448 e. The molecule has 0 unspecified atom stereocenters. The Kier molecular flexibility index (Phi) is 6.41. The zero-order valence-corrected chi connectivity index (χ0v) is 7.45. The van der Waals surface area contributed by atoms with E-state index in [4.69, 9.17) is 11.7 Å². The molecule has 0 bridgehead atoms. The van der Waals surface area contributed by atoms with Crippen LogP contribution >= 0.6 is 0 Å². The van der Waals surface area contributed by atoms with Crippen molar-refractivity contribution >= 4 is 6.09 Å². The van der Waals surface area contributed by atoms with Crippen molar-refractivity contribution in [1.82, 2.24) is 5.12 Å². The number of hydrogen-bond acceptors (Lipinski definition) is 4. The summed E-state index contributed by atoms with van der Waals surface area (Å²) < 4.78 is 4.69. The molecule has 1 amide bonds. The first-order chi connectivity index (χ1) is 5.68. The second-order valence-corrected chi connectivity index (χ2v) is 2.58. The van der Waals surface area contributed by atoms with E-state index in [1.54, 1.807) is 0 Å². The fraction of sp³-hybridized carbons (Fsp3) is 0.857. The second kappa shape index (κ2) is 6.87. The Morgan fingerprint density at radius 2 is 2.00 bits per heavy atom. The highest BCUT2D eigenvalue weighted by molar-refractivity contribution is 5.65. The van der Waals surface area contributed by atoms with E-state index in [-0.39, 0.29) is 0 Å². The largest absolute Gasteiger partial charge is 0.448 e. The van der Waals surface area contributed by atoms with Gasteiger partial charge in [-0.15, -0.1) is 0 Å². The van der Waals surface area contributed by atoms with Gasteiger partial charge in [-0.2, -0.15) is 5.12 Å². The minimum absolute atomic E-state index is 0.393. The third-order valence-electron chi connectivity index (χ3n) is 1.43. The number of unbranched alkanes of at least 4 members (excludes halogenated alkanes) is 3. The van der Waals surface area contributed by atoms with Gasteiger partial charge in [-0.1, -0.05) is 26.2 Å². The van der Waals surface area contributed by atoms with E-state index in [1.807, 2.05) is 0 Å². The molecule has 0 aromatic heterocycles. The van der Waals surface area contributed by atoms with Gasteiger partial charge < -0.3 is 4.74 Å². The lowest BCUT2D eigenvalue weighted by Crippen LogP contribution is -2.43. The molecule has 0 aliphatic rings. The maximum atomic E-state index is 10.6. The van der Waals surface area contributed by atoms with Crippen molar-refractivity contribution in [3.63, 3.8) is 0 Å². The summed E-state index contributed by atoms with van der Waals surface area (Å²) in [7, 11) is 0. The topological polar surface area (TPSA) is 81.6 Å². The molecule has 0 fully saturated rings. The maximum absolute atomic E-state index is 10.6. The number of ether oxygens (including phenoxy) is 1. The van der Waals surface area contributed by atoms with Crippen LogP contribution in [0, 0.1) is 0 Å². The number of hydrazine groups is 2. The standard InChI is InChI=1S/C7H17N3O2/c1-2-3-4-5-6-12-7(11)10(8)9/h2-6,8-9H2,1H3. The van der Waals surface area contributed by atoms with Gasteiger partial charge in [0.25, 0.3) is 0 Å². The highest BCUT2D eigenvalue weighted by Crippen LogP contribution is 1.98. The minimum atomic E-state index is -0.688. The Labute approximate surface area is 72.6 Å². The molecule has 0 rings (SSSR count). The van der Waals surface area contributed by atoms with Crippen molar-refractivity contribution in [1.29, 1.82) is 0 Å². The summed E-state index contributed by atoms with van der Waals surface area (Å²) in [5.74, 6) is 9.83. The Hall–Kier alpha value is -0.810. The van der Waals surface area contributed by atoms with Crippen molar-refractivity contribution in [2.45, 2.75) is 32.6 Å². The molecule has 0 aromatic carbocycles. The number of carbonyl (C=O) groups excluding carboxylic acids is 1.